The van der Waals surface area contributed by atoms with Crippen LogP contribution in [-0.2, 0) is 9.59 Å². The maximum absolute atomic E-state index is 13.3. The third-order valence-electron chi connectivity index (χ3n) is 2.28. The van der Waals surface area contributed by atoms with Crippen LogP contribution in [0, 0.1) is 5.82 Å². The number of rotatable bonds is 3. The highest BCUT2D eigenvalue weighted by Gasteiger charge is 2.29. The molecule has 0 spiro atoms. The van der Waals surface area contributed by atoms with Gasteiger partial charge in [-0.3, -0.25) is 9.59 Å². The van der Waals surface area contributed by atoms with Gasteiger partial charge in [0.2, 0.25) is 5.91 Å². The summed E-state index contributed by atoms with van der Waals surface area (Å²) in [6, 6.07) is 5.82. The molecule has 0 saturated heterocycles. The van der Waals surface area contributed by atoms with Crippen LogP contribution in [0.25, 0.3) is 0 Å². The Hall–Kier alpha value is -1.89. The standard InChI is InChI=1S/C11H10FN3O2S/c12-6-3-1-2-4-7(6)14-9(16)5-8-10(17)15-11(13)18-8/h1-4,8H,5H2,(H,14,16)(H2,13,15,17)/t8-/m1/s1. The molecule has 3 N–H and O–H groups in total. The number of nitrogens with zero attached hydrogens (tertiary/aromatic N) is 1. The van der Waals surface area contributed by atoms with E-state index in [1.807, 2.05) is 0 Å². The first-order valence-electron chi connectivity index (χ1n) is 5.15. The smallest absolute Gasteiger partial charge is 0.262 e. The minimum absolute atomic E-state index is 0.0813. The van der Waals surface area contributed by atoms with Crippen molar-refractivity contribution in [2.45, 2.75) is 11.7 Å². The van der Waals surface area contributed by atoms with Gasteiger partial charge in [-0.15, -0.1) is 0 Å². The lowest BCUT2D eigenvalue weighted by atomic mass is 10.2. The van der Waals surface area contributed by atoms with Crippen molar-refractivity contribution in [3.05, 3.63) is 30.1 Å². The molecule has 0 unspecified atom stereocenters. The Morgan fingerprint density at radius 3 is 2.83 bits per heavy atom. The molecule has 1 aromatic carbocycles. The van der Waals surface area contributed by atoms with Crippen LogP contribution in [-0.4, -0.2) is 22.2 Å². The van der Waals surface area contributed by atoms with Crippen LogP contribution in [0.1, 0.15) is 6.42 Å². The van der Waals surface area contributed by atoms with Crippen molar-refractivity contribution in [1.82, 2.24) is 0 Å². The van der Waals surface area contributed by atoms with E-state index in [0.29, 0.717) is 0 Å². The van der Waals surface area contributed by atoms with E-state index < -0.39 is 22.9 Å². The molecule has 2 amide bonds. The molecule has 0 saturated carbocycles. The molecule has 0 fully saturated rings. The van der Waals surface area contributed by atoms with Gasteiger partial charge in [0, 0.05) is 6.42 Å². The van der Waals surface area contributed by atoms with Crippen molar-refractivity contribution in [3.8, 4) is 0 Å². The lowest BCUT2D eigenvalue weighted by Gasteiger charge is -2.08. The highest BCUT2D eigenvalue weighted by atomic mass is 32.2. The summed E-state index contributed by atoms with van der Waals surface area (Å²) in [7, 11) is 0. The van der Waals surface area contributed by atoms with Gasteiger partial charge >= 0.3 is 0 Å². The highest BCUT2D eigenvalue weighted by Crippen LogP contribution is 2.23. The van der Waals surface area contributed by atoms with Gasteiger partial charge in [-0.25, -0.2) is 4.39 Å². The van der Waals surface area contributed by atoms with Crippen LogP contribution in [0.15, 0.2) is 29.3 Å². The minimum Gasteiger partial charge on any atom is -0.378 e. The van der Waals surface area contributed by atoms with Gasteiger partial charge in [0.25, 0.3) is 5.91 Å². The fourth-order valence-electron chi connectivity index (χ4n) is 1.46. The Morgan fingerprint density at radius 1 is 1.50 bits per heavy atom. The number of anilines is 1. The predicted octanol–water partition coefficient (Wildman–Crippen LogP) is 1.11. The zero-order chi connectivity index (χ0) is 13.1. The zero-order valence-electron chi connectivity index (χ0n) is 9.22. The van der Waals surface area contributed by atoms with Crippen LogP contribution in [0.2, 0.25) is 0 Å². The van der Waals surface area contributed by atoms with Crippen molar-refractivity contribution in [3.63, 3.8) is 0 Å². The van der Waals surface area contributed by atoms with E-state index >= 15 is 0 Å². The van der Waals surface area contributed by atoms with E-state index in [-0.39, 0.29) is 17.3 Å². The number of halogens is 1. The summed E-state index contributed by atoms with van der Waals surface area (Å²) in [6.07, 6.45) is -0.0813. The molecule has 1 heterocycles. The number of hydrogen-bond donors (Lipinski definition) is 2. The molecule has 7 heteroatoms. The first-order chi connectivity index (χ1) is 8.56. The Labute approximate surface area is 107 Å². The number of amidine groups is 1. The molecule has 0 radical (unpaired) electrons. The second-order valence-corrected chi connectivity index (χ2v) is 4.85. The van der Waals surface area contributed by atoms with E-state index in [2.05, 4.69) is 10.3 Å². The number of benzene rings is 1. The molecule has 0 aliphatic carbocycles. The van der Waals surface area contributed by atoms with Crippen LogP contribution in [0.3, 0.4) is 0 Å². The van der Waals surface area contributed by atoms with Gasteiger partial charge in [-0.1, -0.05) is 23.9 Å². The molecule has 5 nitrogen and oxygen atoms in total. The lowest BCUT2D eigenvalue weighted by molar-refractivity contribution is -0.121. The number of amides is 2. The summed E-state index contributed by atoms with van der Waals surface area (Å²) < 4.78 is 13.3. The molecular weight excluding hydrogens is 257 g/mol. The molecule has 1 aromatic rings. The first kappa shape index (κ1) is 12.6. The maximum atomic E-state index is 13.3. The average Bonchev–Trinajstić information content (AvgIpc) is 2.61. The molecule has 1 aliphatic rings. The van der Waals surface area contributed by atoms with Gasteiger partial charge in [-0.05, 0) is 12.1 Å². The molecule has 18 heavy (non-hydrogen) atoms. The third kappa shape index (κ3) is 2.86. The Balaban J connectivity index is 1.94. The summed E-state index contributed by atoms with van der Waals surface area (Å²) in [6.45, 7) is 0. The number of thioether (sulfide) groups is 1. The number of nitrogens with one attached hydrogen (secondary N) is 1. The third-order valence-corrected chi connectivity index (χ3v) is 3.26. The van der Waals surface area contributed by atoms with Crippen molar-refractivity contribution in [2.75, 3.05) is 5.32 Å². The Kier molecular flexibility index (Phi) is 3.61. The molecule has 2 rings (SSSR count). The Morgan fingerprint density at radius 2 is 2.22 bits per heavy atom. The number of carbonyl (C=O) groups excluding carboxylic acids is 2. The van der Waals surface area contributed by atoms with Gasteiger partial charge < -0.3 is 11.1 Å². The monoisotopic (exact) mass is 267 g/mol. The van der Waals surface area contributed by atoms with E-state index in [0.717, 1.165) is 11.8 Å². The summed E-state index contributed by atoms with van der Waals surface area (Å²) in [5.41, 5.74) is 5.46. The van der Waals surface area contributed by atoms with Crippen molar-refractivity contribution in [2.24, 2.45) is 10.7 Å². The molecule has 1 aliphatic heterocycles. The van der Waals surface area contributed by atoms with E-state index in [4.69, 9.17) is 5.73 Å². The van der Waals surface area contributed by atoms with Crippen LogP contribution in [0.5, 0.6) is 0 Å². The topological polar surface area (TPSA) is 84.5 Å². The fraction of sp³-hybridized carbons (Fsp3) is 0.182. The highest BCUT2D eigenvalue weighted by molar-refractivity contribution is 8.15. The molecule has 94 valence electrons. The largest absolute Gasteiger partial charge is 0.378 e. The molecular formula is C11H10FN3O2S. The maximum Gasteiger partial charge on any atom is 0.262 e. The van der Waals surface area contributed by atoms with Crippen LogP contribution in [0.4, 0.5) is 10.1 Å². The number of carbonyl (C=O) groups is 2. The first-order valence-corrected chi connectivity index (χ1v) is 6.03. The van der Waals surface area contributed by atoms with Gasteiger partial charge in [-0.2, -0.15) is 4.99 Å². The van der Waals surface area contributed by atoms with Gasteiger partial charge in [0.15, 0.2) is 5.17 Å². The normalized spacial score (nSPS) is 18.6. The molecule has 0 bridgehead atoms. The average molecular weight is 267 g/mol. The van der Waals surface area contributed by atoms with Gasteiger partial charge in [0.05, 0.1) is 5.69 Å². The van der Waals surface area contributed by atoms with Crippen molar-refractivity contribution >= 4 is 34.4 Å². The summed E-state index contributed by atoms with van der Waals surface area (Å²) in [4.78, 5) is 26.4. The van der Waals surface area contributed by atoms with Gasteiger partial charge in [0.1, 0.15) is 11.1 Å². The van der Waals surface area contributed by atoms with E-state index in [1.54, 1.807) is 6.07 Å². The predicted molar refractivity (Wildman–Crippen MR) is 67.7 cm³/mol. The molecule has 0 aromatic heterocycles. The number of para-hydroxylation sites is 1. The fourth-order valence-corrected chi connectivity index (χ4v) is 2.29. The molecule has 1 atom stereocenters. The second kappa shape index (κ2) is 5.18. The Bertz CT molecular complexity index is 533. The van der Waals surface area contributed by atoms with E-state index in [9.17, 15) is 14.0 Å². The number of nitrogens with two attached hydrogens (primary N) is 1. The SMILES string of the molecule is NC1=NC(=O)[C@@H](CC(=O)Nc2ccccc2F)S1. The van der Waals surface area contributed by atoms with Crippen LogP contribution < -0.4 is 11.1 Å². The summed E-state index contributed by atoms with van der Waals surface area (Å²) in [5.74, 6) is -1.40. The summed E-state index contributed by atoms with van der Waals surface area (Å²) in [5, 5.41) is 1.94. The van der Waals surface area contributed by atoms with Crippen molar-refractivity contribution in [1.29, 1.82) is 0 Å². The number of hydrogen-bond acceptors (Lipinski definition) is 4. The van der Waals surface area contributed by atoms with Crippen LogP contribution >= 0.6 is 11.8 Å². The number of aliphatic imine (C=N–C) groups is 1. The van der Waals surface area contributed by atoms with E-state index in [1.165, 1.54) is 18.2 Å². The zero-order valence-corrected chi connectivity index (χ0v) is 10.0. The quantitative estimate of drug-likeness (QED) is 0.859. The van der Waals surface area contributed by atoms with Crippen molar-refractivity contribution < 1.29 is 14.0 Å². The lowest BCUT2D eigenvalue weighted by Crippen LogP contribution is -2.22. The minimum atomic E-state index is -0.614. The summed E-state index contributed by atoms with van der Waals surface area (Å²) >= 11 is 1.04. The second-order valence-electron chi connectivity index (χ2n) is 3.63.